The fraction of sp³-hybridized carbons (Fsp3) is 0.233. The van der Waals surface area contributed by atoms with Gasteiger partial charge in [0.2, 0.25) is 17.1 Å². The van der Waals surface area contributed by atoms with Gasteiger partial charge in [0.05, 0.1) is 29.7 Å². The normalized spacial score (nSPS) is 14.2. The van der Waals surface area contributed by atoms with Crippen molar-refractivity contribution in [2.45, 2.75) is 13.0 Å². The van der Waals surface area contributed by atoms with Gasteiger partial charge in [-0.3, -0.25) is 4.79 Å². The van der Waals surface area contributed by atoms with Crippen molar-refractivity contribution >= 4 is 16.6 Å². The summed E-state index contributed by atoms with van der Waals surface area (Å²) in [5.74, 6) is -1.68. The Morgan fingerprint density at radius 3 is 2.35 bits per heavy atom. The van der Waals surface area contributed by atoms with E-state index in [0.29, 0.717) is 36.6 Å². The summed E-state index contributed by atoms with van der Waals surface area (Å²) in [4.78, 5) is 22.1. The van der Waals surface area contributed by atoms with Gasteiger partial charge in [0.1, 0.15) is 17.5 Å². The number of likely N-dealkylation sites (N-methyl/N-ethyl adjacent to an activating group) is 1. The smallest absolute Gasteiger partial charge is 0.231 e. The van der Waals surface area contributed by atoms with E-state index in [1.165, 1.54) is 30.5 Å². The third-order valence-corrected chi connectivity index (χ3v) is 7.29. The van der Waals surface area contributed by atoms with Gasteiger partial charge in [-0.1, -0.05) is 41.6 Å². The summed E-state index contributed by atoms with van der Waals surface area (Å²) < 4.78 is 51.8. The maximum absolute atomic E-state index is 15.5. The molecule has 6 rings (SSSR count). The van der Waals surface area contributed by atoms with E-state index in [-0.39, 0.29) is 28.9 Å². The van der Waals surface area contributed by atoms with Crippen molar-refractivity contribution in [2.24, 2.45) is 0 Å². The first-order valence-electron chi connectivity index (χ1n) is 13.0. The zero-order chi connectivity index (χ0) is 27.8. The van der Waals surface area contributed by atoms with Crippen molar-refractivity contribution in [2.75, 3.05) is 38.1 Å². The zero-order valence-corrected chi connectivity index (χ0v) is 21.8. The first kappa shape index (κ1) is 25.8. The average molecular weight is 546 g/mol. The molecule has 7 nitrogen and oxygen atoms in total. The topological polar surface area (TPSA) is 67.4 Å². The van der Waals surface area contributed by atoms with Gasteiger partial charge in [0.25, 0.3) is 0 Å². The van der Waals surface area contributed by atoms with E-state index < -0.39 is 22.9 Å². The molecule has 1 fully saturated rings. The molecule has 3 aromatic carbocycles. The molecule has 0 N–H and O–H groups in total. The summed E-state index contributed by atoms with van der Waals surface area (Å²) in [6.45, 7) is 2.50. The van der Waals surface area contributed by atoms with Gasteiger partial charge in [-0.25, -0.2) is 13.2 Å². The number of pyridine rings is 1. The van der Waals surface area contributed by atoms with Crippen molar-refractivity contribution in [3.05, 3.63) is 112 Å². The Morgan fingerprint density at radius 1 is 0.900 bits per heavy atom. The first-order chi connectivity index (χ1) is 19.4. The lowest BCUT2D eigenvalue weighted by atomic mass is 10.1. The van der Waals surface area contributed by atoms with Crippen LogP contribution in [-0.2, 0) is 13.0 Å². The maximum Gasteiger partial charge on any atom is 0.231 e. The molecule has 40 heavy (non-hydrogen) atoms. The number of rotatable bonds is 6. The summed E-state index contributed by atoms with van der Waals surface area (Å²) in [6.07, 6.45) is 1.82. The van der Waals surface area contributed by atoms with Gasteiger partial charge in [0, 0.05) is 43.3 Å². The zero-order valence-electron chi connectivity index (χ0n) is 21.8. The number of nitrogens with zero attached hydrogens (tertiary/aromatic N) is 5. The predicted molar refractivity (Wildman–Crippen MR) is 146 cm³/mol. The molecule has 10 heteroatoms. The summed E-state index contributed by atoms with van der Waals surface area (Å²) in [7, 11) is 2.00. The van der Waals surface area contributed by atoms with Crippen LogP contribution < -0.4 is 10.3 Å². The number of fused-ring (bicyclic) bond motifs is 1. The van der Waals surface area contributed by atoms with Gasteiger partial charge in [-0.05, 0) is 36.9 Å². The van der Waals surface area contributed by atoms with E-state index in [4.69, 9.17) is 4.52 Å². The fourth-order valence-electron chi connectivity index (χ4n) is 5.04. The highest BCUT2D eigenvalue weighted by molar-refractivity contribution is 5.86. The van der Waals surface area contributed by atoms with Crippen LogP contribution in [0, 0.1) is 17.5 Å². The molecule has 0 radical (unpaired) electrons. The van der Waals surface area contributed by atoms with E-state index in [1.807, 2.05) is 42.3 Å². The third kappa shape index (κ3) is 4.98. The summed E-state index contributed by atoms with van der Waals surface area (Å²) in [5, 5.41) is 4.05. The number of hydrogen-bond acceptors (Lipinski definition) is 6. The Morgan fingerprint density at radius 2 is 1.62 bits per heavy atom. The van der Waals surface area contributed by atoms with E-state index in [2.05, 4.69) is 15.0 Å². The van der Waals surface area contributed by atoms with E-state index in [9.17, 15) is 13.6 Å². The highest BCUT2D eigenvalue weighted by Gasteiger charge is 2.23. The minimum Gasteiger partial charge on any atom is -0.367 e. The molecule has 1 aliphatic heterocycles. The van der Waals surface area contributed by atoms with Crippen LogP contribution in [0.15, 0.2) is 76.2 Å². The first-order valence-corrected chi connectivity index (χ1v) is 13.0. The Hall–Kier alpha value is -4.44. The lowest BCUT2D eigenvalue weighted by molar-refractivity contribution is 0.312. The molecule has 0 atom stereocenters. The molecule has 0 bridgehead atoms. The second-order valence-electron chi connectivity index (χ2n) is 9.99. The molecular formula is C30H26F3N5O2. The highest BCUT2D eigenvalue weighted by atomic mass is 19.1. The van der Waals surface area contributed by atoms with E-state index in [1.54, 1.807) is 10.6 Å². The average Bonchev–Trinajstić information content (AvgIpc) is 3.41. The van der Waals surface area contributed by atoms with Gasteiger partial charge in [-0.15, -0.1) is 0 Å². The van der Waals surface area contributed by atoms with Crippen LogP contribution in [-0.4, -0.2) is 52.8 Å². The summed E-state index contributed by atoms with van der Waals surface area (Å²) in [5.41, 5.74) is 0.985. The molecule has 1 aliphatic rings. The van der Waals surface area contributed by atoms with Crippen LogP contribution in [0.5, 0.6) is 0 Å². The van der Waals surface area contributed by atoms with Crippen LogP contribution >= 0.6 is 0 Å². The van der Waals surface area contributed by atoms with Crippen LogP contribution in [0.3, 0.4) is 0 Å². The van der Waals surface area contributed by atoms with Crippen LogP contribution in [0.1, 0.15) is 17.0 Å². The van der Waals surface area contributed by atoms with Gasteiger partial charge in [0.15, 0.2) is 0 Å². The van der Waals surface area contributed by atoms with Gasteiger partial charge in [-0.2, -0.15) is 4.98 Å². The molecule has 204 valence electrons. The Kier molecular flexibility index (Phi) is 6.85. The maximum atomic E-state index is 15.5. The second-order valence-corrected chi connectivity index (χ2v) is 9.99. The number of benzene rings is 3. The Balaban J connectivity index is 1.48. The number of hydrogen-bond donors (Lipinski definition) is 0. The van der Waals surface area contributed by atoms with Crippen molar-refractivity contribution in [1.82, 2.24) is 19.6 Å². The minimum atomic E-state index is -0.723. The Labute approximate surface area is 228 Å². The molecule has 2 aromatic heterocycles. The fourth-order valence-corrected chi connectivity index (χ4v) is 5.04. The number of piperazine rings is 1. The van der Waals surface area contributed by atoms with Crippen molar-refractivity contribution in [3.63, 3.8) is 0 Å². The standard InChI is InChI=1S/C30H26F3N5O2/c1-36-10-12-37(13-11-36)27-16-26-20(15-25(27)33)29(39)22(18-38(26)17-21-23(31)8-5-9-24(21)32)30-34-28(40-35-30)14-19-6-3-2-4-7-19/h2-9,15-16,18H,10-14,17H2,1H3. The molecule has 1 saturated heterocycles. The molecule has 0 aliphatic carbocycles. The molecule has 3 heterocycles. The summed E-state index contributed by atoms with van der Waals surface area (Å²) in [6, 6.07) is 15.9. The Bertz CT molecular complexity index is 1720. The van der Waals surface area contributed by atoms with Crippen molar-refractivity contribution in [1.29, 1.82) is 0 Å². The third-order valence-electron chi connectivity index (χ3n) is 7.29. The van der Waals surface area contributed by atoms with Crippen molar-refractivity contribution < 1.29 is 17.7 Å². The van der Waals surface area contributed by atoms with Crippen molar-refractivity contribution in [3.8, 4) is 11.4 Å². The lowest BCUT2D eigenvalue weighted by Crippen LogP contribution is -2.44. The summed E-state index contributed by atoms with van der Waals surface area (Å²) >= 11 is 0. The van der Waals surface area contributed by atoms with Gasteiger partial charge < -0.3 is 18.9 Å². The minimum absolute atomic E-state index is 0.0177. The predicted octanol–water partition coefficient (Wildman–Crippen LogP) is 4.86. The van der Waals surface area contributed by atoms with E-state index in [0.717, 1.165) is 18.7 Å². The van der Waals surface area contributed by atoms with Gasteiger partial charge >= 0.3 is 0 Å². The lowest BCUT2D eigenvalue weighted by Gasteiger charge is -2.34. The van der Waals surface area contributed by atoms with Crippen LogP contribution in [0.2, 0.25) is 0 Å². The molecular weight excluding hydrogens is 519 g/mol. The number of anilines is 1. The molecule has 0 amide bonds. The van der Waals surface area contributed by atoms with Crippen LogP contribution in [0.4, 0.5) is 18.9 Å². The second kappa shape index (κ2) is 10.6. The monoisotopic (exact) mass is 545 g/mol. The number of aromatic nitrogens is 3. The molecule has 0 spiro atoms. The van der Waals surface area contributed by atoms with E-state index >= 15 is 4.39 Å². The largest absolute Gasteiger partial charge is 0.367 e. The van der Waals surface area contributed by atoms with Crippen LogP contribution in [0.25, 0.3) is 22.3 Å². The number of halogens is 3. The molecule has 0 unspecified atom stereocenters. The quantitative estimate of drug-likeness (QED) is 0.304. The molecule has 5 aromatic rings. The SMILES string of the molecule is CN1CCN(c2cc3c(cc2F)c(=O)c(-c2noc(Cc4ccccc4)n2)cn3Cc2c(F)cccc2F)CC1. The highest BCUT2D eigenvalue weighted by Crippen LogP contribution is 2.29. The molecule has 0 saturated carbocycles.